The van der Waals surface area contributed by atoms with Crippen molar-refractivity contribution in [3.63, 3.8) is 0 Å². The standard InChI is InChI=1S/C13H16BrNO2/c1-4-9-5-10(14)12-11(6-9)15(3)13(16)8(2)7-17-12/h5-6,8H,4,7H2,1-3H3. The Hall–Kier alpha value is -1.03. The smallest absolute Gasteiger partial charge is 0.233 e. The third kappa shape index (κ3) is 2.18. The molecule has 0 N–H and O–H groups in total. The average molecular weight is 298 g/mol. The Morgan fingerprint density at radius 3 is 2.88 bits per heavy atom. The minimum atomic E-state index is -0.107. The second-order valence-electron chi connectivity index (χ2n) is 4.39. The molecule has 0 fully saturated rings. The number of halogens is 1. The summed E-state index contributed by atoms with van der Waals surface area (Å²) in [6, 6.07) is 4.07. The summed E-state index contributed by atoms with van der Waals surface area (Å²) >= 11 is 3.51. The molecule has 0 aromatic heterocycles. The van der Waals surface area contributed by atoms with Gasteiger partial charge in [0.1, 0.15) is 0 Å². The molecule has 0 saturated carbocycles. The Balaban J connectivity index is 2.55. The van der Waals surface area contributed by atoms with E-state index in [4.69, 9.17) is 4.74 Å². The van der Waals surface area contributed by atoms with Crippen LogP contribution in [0.2, 0.25) is 0 Å². The van der Waals surface area contributed by atoms with Gasteiger partial charge in [-0.3, -0.25) is 4.79 Å². The van der Waals surface area contributed by atoms with Gasteiger partial charge in [0.05, 0.1) is 22.7 Å². The third-order valence-corrected chi connectivity index (χ3v) is 3.67. The van der Waals surface area contributed by atoms with Crippen LogP contribution in [0.25, 0.3) is 0 Å². The van der Waals surface area contributed by atoms with Gasteiger partial charge in [0, 0.05) is 7.05 Å². The summed E-state index contributed by atoms with van der Waals surface area (Å²) in [6.07, 6.45) is 0.934. The van der Waals surface area contributed by atoms with Crippen LogP contribution in [0.5, 0.6) is 5.75 Å². The molecule has 0 bridgehead atoms. The number of amides is 1. The number of fused-ring (bicyclic) bond motifs is 1. The van der Waals surface area contributed by atoms with Crippen molar-refractivity contribution in [2.75, 3.05) is 18.6 Å². The molecule has 2 rings (SSSR count). The zero-order valence-corrected chi connectivity index (χ0v) is 11.9. The van der Waals surface area contributed by atoms with Gasteiger partial charge in [-0.25, -0.2) is 0 Å². The molecule has 1 atom stereocenters. The summed E-state index contributed by atoms with van der Waals surface area (Å²) in [6.45, 7) is 4.41. The molecule has 17 heavy (non-hydrogen) atoms. The fourth-order valence-electron chi connectivity index (χ4n) is 1.96. The first-order valence-electron chi connectivity index (χ1n) is 5.77. The molecular formula is C13H16BrNO2. The molecule has 0 spiro atoms. The molecule has 1 aromatic rings. The number of ether oxygens (including phenoxy) is 1. The molecular weight excluding hydrogens is 282 g/mol. The zero-order valence-electron chi connectivity index (χ0n) is 10.3. The van der Waals surface area contributed by atoms with Crippen LogP contribution in [0.15, 0.2) is 16.6 Å². The molecule has 1 aliphatic rings. The maximum Gasteiger partial charge on any atom is 0.233 e. The number of rotatable bonds is 1. The van der Waals surface area contributed by atoms with E-state index in [1.54, 1.807) is 11.9 Å². The van der Waals surface area contributed by atoms with Crippen molar-refractivity contribution in [3.8, 4) is 5.75 Å². The summed E-state index contributed by atoms with van der Waals surface area (Å²) in [5.74, 6) is 0.760. The number of carbonyl (C=O) groups is 1. The second kappa shape index (κ2) is 4.69. The monoisotopic (exact) mass is 297 g/mol. The van der Waals surface area contributed by atoms with Crippen molar-refractivity contribution in [2.24, 2.45) is 5.92 Å². The first-order valence-corrected chi connectivity index (χ1v) is 6.56. The van der Waals surface area contributed by atoms with Crippen LogP contribution in [0, 0.1) is 5.92 Å². The number of hydrogen-bond acceptors (Lipinski definition) is 2. The number of aryl methyl sites for hydroxylation is 1. The predicted molar refractivity (Wildman–Crippen MR) is 71.6 cm³/mol. The van der Waals surface area contributed by atoms with Crippen LogP contribution < -0.4 is 9.64 Å². The number of benzene rings is 1. The van der Waals surface area contributed by atoms with E-state index in [0.29, 0.717) is 6.61 Å². The van der Waals surface area contributed by atoms with E-state index in [2.05, 4.69) is 22.9 Å². The number of hydrogen-bond donors (Lipinski definition) is 0. The predicted octanol–water partition coefficient (Wildman–Crippen LogP) is 3.00. The van der Waals surface area contributed by atoms with Crippen molar-refractivity contribution >= 4 is 27.5 Å². The lowest BCUT2D eigenvalue weighted by molar-refractivity contribution is -0.122. The maximum absolute atomic E-state index is 12.0. The number of nitrogens with zero attached hydrogens (tertiary/aromatic N) is 1. The molecule has 1 heterocycles. The SMILES string of the molecule is CCc1cc(Br)c2c(c1)N(C)C(=O)C(C)CO2. The molecule has 0 radical (unpaired) electrons. The lowest BCUT2D eigenvalue weighted by atomic mass is 10.1. The highest BCUT2D eigenvalue weighted by Crippen LogP contribution is 2.39. The largest absolute Gasteiger partial charge is 0.489 e. The summed E-state index contributed by atoms with van der Waals surface area (Å²) in [4.78, 5) is 13.7. The van der Waals surface area contributed by atoms with E-state index in [-0.39, 0.29) is 11.8 Å². The van der Waals surface area contributed by atoms with Crippen LogP contribution in [-0.4, -0.2) is 19.6 Å². The van der Waals surface area contributed by atoms with Gasteiger partial charge in [-0.1, -0.05) is 13.8 Å². The highest BCUT2D eigenvalue weighted by Gasteiger charge is 2.27. The van der Waals surface area contributed by atoms with Crippen molar-refractivity contribution in [3.05, 3.63) is 22.2 Å². The van der Waals surface area contributed by atoms with Crippen LogP contribution in [-0.2, 0) is 11.2 Å². The van der Waals surface area contributed by atoms with Gasteiger partial charge in [0.2, 0.25) is 5.91 Å². The highest BCUT2D eigenvalue weighted by molar-refractivity contribution is 9.10. The first-order chi connectivity index (χ1) is 8.04. The van der Waals surface area contributed by atoms with E-state index in [1.165, 1.54) is 5.56 Å². The summed E-state index contributed by atoms with van der Waals surface area (Å²) in [7, 11) is 1.80. The Bertz CT molecular complexity index is 459. The summed E-state index contributed by atoms with van der Waals surface area (Å²) in [5, 5.41) is 0. The van der Waals surface area contributed by atoms with Crippen LogP contribution >= 0.6 is 15.9 Å². The number of anilines is 1. The molecule has 92 valence electrons. The van der Waals surface area contributed by atoms with Crippen molar-refractivity contribution in [1.82, 2.24) is 0 Å². The van der Waals surface area contributed by atoms with E-state index < -0.39 is 0 Å². The molecule has 1 amide bonds. The Morgan fingerprint density at radius 2 is 2.24 bits per heavy atom. The third-order valence-electron chi connectivity index (χ3n) is 3.08. The fourth-order valence-corrected chi connectivity index (χ4v) is 2.57. The highest BCUT2D eigenvalue weighted by atomic mass is 79.9. The average Bonchev–Trinajstić information content (AvgIpc) is 2.43. The molecule has 1 aromatic carbocycles. The van der Waals surface area contributed by atoms with Crippen LogP contribution in [0.1, 0.15) is 19.4 Å². The molecule has 0 aliphatic carbocycles. The van der Waals surface area contributed by atoms with Gasteiger partial charge in [0.15, 0.2) is 5.75 Å². The van der Waals surface area contributed by atoms with Gasteiger partial charge >= 0.3 is 0 Å². The van der Waals surface area contributed by atoms with Gasteiger partial charge in [-0.05, 0) is 40.0 Å². The van der Waals surface area contributed by atoms with E-state index >= 15 is 0 Å². The number of carbonyl (C=O) groups excluding carboxylic acids is 1. The van der Waals surface area contributed by atoms with E-state index in [0.717, 1.165) is 22.3 Å². The van der Waals surface area contributed by atoms with Gasteiger partial charge in [0.25, 0.3) is 0 Å². The minimum absolute atomic E-state index is 0.101. The Kier molecular flexibility index (Phi) is 3.43. The lowest BCUT2D eigenvalue weighted by Gasteiger charge is -2.19. The lowest BCUT2D eigenvalue weighted by Crippen LogP contribution is -2.31. The first kappa shape index (κ1) is 12.4. The Morgan fingerprint density at radius 1 is 1.53 bits per heavy atom. The van der Waals surface area contributed by atoms with Crippen molar-refractivity contribution < 1.29 is 9.53 Å². The Labute approximate surface area is 110 Å². The van der Waals surface area contributed by atoms with Gasteiger partial charge in [-0.15, -0.1) is 0 Å². The zero-order chi connectivity index (χ0) is 12.6. The molecule has 1 unspecified atom stereocenters. The van der Waals surface area contributed by atoms with Crippen molar-refractivity contribution in [1.29, 1.82) is 0 Å². The second-order valence-corrected chi connectivity index (χ2v) is 5.24. The van der Waals surface area contributed by atoms with E-state index in [9.17, 15) is 4.79 Å². The van der Waals surface area contributed by atoms with Crippen LogP contribution in [0.3, 0.4) is 0 Å². The van der Waals surface area contributed by atoms with Crippen molar-refractivity contribution in [2.45, 2.75) is 20.3 Å². The fraction of sp³-hybridized carbons (Fsp3) is 0.462. The molecule has 3 nitrogen and oxygen atoms in total. The quantitative estimate of drug-likeness (QED) is 0.797. The van der Waals surface area contributed by atoms with Gasteiger partial charge in [-0.2, -0.15) is 0 Å². The van der Waals surface area contributed by atoms with Crippen LogP contribution in [0.4, 0.5) is 5.69 Å². The minimum Gasteiger partial charge on any atom is -0.489 e. The normalized spacial score (nSPS) is 19.6. The molecule has 4 heteroatoms. The molecule has 0 saturated heterocycles. The van der Waals surface area contributed by atoms with Gasteiger partial charge < -0.3 is 9.64 Å². The maximum atomic E-state index is 12.0. The topological polar surface area (TPSA) is 29.5 Å². The summed E-state index contributed by atoms with van der Waals surface area (Å²) < 4.78 is 6.64. The summed E-state index contributed by atoms with van der Waals surface area (Å²) in [5.41, 5.74) is 2.04. The van der Waals surface area contributed by atoms with E-state index in [1.807, 2.05) is 19.1 Å². The molecule has 1 aliphatic heterocycles.